The number of benzene rings is 2. The summed E-state index contributed by atoms with van der Waals surface area (Å²) in [4.78, 5) is 38.3. The first kappa shape index (κ1) is 27.4. The zero-order chi connectivity index (χ0) is 26.3. The summed E-state index contributed by atoms with van der Waals surface area (Å²) in [6.45, 7) is 0.401. The minimum Gasteiger partial charge on any atom is -0.465 e. The highest BCUT2D eigenvalue weighted by Crippen LogP contribution is 2.33. The molecule has 0 radical (unpaired) electrons. The number of thioether (sulfide) groups is 1. The molecule has 1 N–H and O–H groups in total. The fraction of sp³-hybridized carbons (Fsp3) is 0.280. The fourth-order valence-electron chi connectivity index (χ4n) is 3.41. The summed E-state index contributed by atoms with van der Waals surface area (Å²) in [6, 6.07) is 11.1. The molecular weight excluding hydrogens is 513 g/mol. The third-order valence-corrected chi connectivity index (χ3v) is 6.64. The van der Waals surface area contributed by atoms with Crippen LogP contribution in [0.5, 0.6) is 0 Å². The van der Waals surface area contributed by atoms with E-state index in [9.17, 15) is 27.6 Å². The van der Waals surface area contributed by atoms with Crippen LogP contribution in [0.25, 0.3) is 6.08 Å². The van der Waals surface area contributed by atoms with Crippen molar-refractivity contribution < 1.29 is 32.3 Å². The van der Waals surface area contributed by atoms with Crippen molar-refractivity contribution in [2.24, 2.45) is 0 Å². The van der Waals surface area contributed by atoms with Gasteiger partial charge in [0.25, 0.3) is 5.91 Å². The minimum absolute atomic E-state index is 0.0964. The van der Waals surface area contributed by atoms with E-state index in [-0.39, 0.29) is 23.9 Å². The summed E-state index contributed by atoms with van der Waals surface area (Å²) in [5.41, 5.74) is 0.427. The lowest BCUT2D eigenvalue weighted by Crippen LogP contribution is -2.29. The Balaban J connectivity index is 1.43. The van der Waals surface area contributed by atoms with Gasteiger partial charge in [0.2, 0.25) is 5.91 Å². The molecule has 11 heteroatoms. The molecule has 1 saturated heterocycles. The van der Waals surface area contributed by atoms with Gasteiger partial charge in [0.15, 0.2) is 0 Å². The molecule has 2 aromatic carbocycles. The predicted octanol–water partition coefficient (Wildman–Crippen LogP) is 5.89. The number of nitrogens with zero attached hydrogens (tertiary/aromatic N) is 1. The number of hydrogen-bond acceptors (Lipinski definition) is 6. The number of carbonyl (C=O) groups excluding carboxylic acids is 3. The Labute approximate surface area is 215 Å². The van der Waals surface area contributed by atoms with E-state index in [4.69, 9.17) is 12.2 Å². The van der Waals surface area contributed by atoms with Gasteiger partial charge in [-0.2, -0.15) is 13.2 Å². The van der Waals surface area contributed by atoms with Crippen molar-refractivity contribution in [3.63, 3.8) is 0 Å². The van der Waals surface area contributed by atoms with Crippen molar-refractivity contribution >= 4 is 57.8 Å². The molecule has 6 nitrogen and oxygen atoms in total. The first-order valence-electron chi connectivity index (χ1n) is 11.0. The number of thiocarbonyl (C=S) groups is 1. The Bertz CT molecular complexity index is 1180. The van der Waals surface area contributed by atoms with Crippen molar-refractivity contribution in [3.05, 3.63) is 70.1 Å². The van der Waals surface area contributed by atoms with Crippen molar-refractivity contribution in [1.82, 2.24) is 4.90 Å². The molecule has 0 saturated carbocycles. The van der Waals surface area contributed by atoms with Crippen molar-refractivity contribution in [2.75, 3.05) is 19.0 Å². The highest BCUT2D eigenvalue weighted by Gasteiger charge is 2.32. The Kier molecular flexibility index (Phi) is 9.27. The molecule has 2 amide bonds. The molecule has 1 aliphatic heterocycles. The van der Waals surface area contributed by atoms with Crippen LogP contribution in [0.3, 0.4) is 0 Å². The number of hydrogen-bond donors (Lipinski definition) is 1. The number of rotatable bonds is 9. The minimum atomic E-state index is -4.48. The van der Waals surface area contributed by atoms with E-state index in [1.54, 1.807) is 30.3 Å². The van der Waals surface area contributed by atoms with Crippen LogP contribution in [0.2, 0.25) is 0 Å². The van der Waals surface area contributed by atoms with Crippen molar-refractivity contribution in [3.8, 4) is 0 Å². The Morgan fingerprint density at radius 3 is 2.50 bits per heavy atom. The lowest BCUT2D eigenvalue weighted by atomic mass is 10.1. The summed E-state index contributed by atoms with van der Waals surface area (Å²) < 4.78 is 43.5. The summed E-state index contributed by atoms with van der Waals surface area (Å²) in [5, 5.41) is 2.48. The van der Waals surface area contributed by atoms with Crippen molar-refractivity contribution in [1.29, 1.82) is 0 Å². The van der Waals surface area contributed by atoms with E-state index < -0.39 is 17.7 Å². The van der Waals surface area contributed by atoms with Crippen LogP contribution in [0.15, 0.2) is 53.4 Å². The first-order valence-corrected chi connectivity index (χ1v) is 12.2. The van der Waals surface area contributed by atoms with E-state index >= 15 is 0 Å². The predicted molar refractivity (Wildman–Crippen MR) is 136 cm³/mol. The van der Waals surface area contributed by atoms with Gasteiger partial charge < -0.3 is 10.1 Å². The fourth-order valence-corrected chi connectivity index (χ4v) is 4.72. The largest absolute Gasteiger partial charge is 0.465 e. The number of nitrogens with one attached hydrogen (secondary N) is 1. The molecule has 0 atom stereocenters. The number of carbonyl (C=O) groups is 3. The van der Waals surface area contributed by atoms with Gasteiger partial charge in [0, 0.05) is 18.7 Å². The molecule has 36 heavy (non-hydrogen) atoms. The van der Waals surface area contributed by atoms with Crippen LogP contribution in [0.1, 0.15) is 47.2 Å². The molecule has 0 unspecified atom stereocenters. The molecule has 0 aliphatic carbocycles. The van der Waals surface area contributed by atoms with Crippen LogP contribution in [0.4, 0.5) is 18.9 Å². The van der Waals surface area contributed by atoms with Gasteiger partial charge in [-0.15, -0.1) is 0 Å². The second kappa shape index (κ2) is 12.2. The van der Waals surface area contributed by atoms with Crippen LogP contribution in [0, 0.1) is 0 Å². The molecule has 1 fully saturated rings. The number of methoxy groups -OCH3 is 1. The van der Waals surface area contributed by atoms with Crippen LogP contribution in [-0.2, 0) is 20.5 Å². The Morgan fingerprint density at radius 2 is 1.83 bits per heavy atom. The maximum atomic E-state index is 12.8. The van der Waals surface area contributed by atoms with Gasteiger partial charge in [0.05, 0.1) is 23.1 Å². The van der Waals surface area contributed by atoms with E-state index in [0.29, 0.717) is 40.6 Å². The Hall–Kier alpha value is -3.18. The number of halogens is 3. The zero-order valence-corrected chi connectivity index (χ0v) is 20.9. The third kappa shape index (κ3) is 7.41. The monoisotopic (exact) mass is 536 g/mol. The molecule has 0 bridgehead atoms. The van der Waals surface area contributed by atoms with Gasteiger partial charge in [0.1, 0.15) is 4.32 Å². The number of amides is 2. The second-order valence-corrected chi connectivity index (χ2v) is 9.56. The first-order chi connectivity index (χ1) is 17.1. The maximum absolute atomic E-state index is 12.8. The van der Waals surface area contributed by atoms with E-state index in [2.05, 4.69) is 10.1 Å². The topological polar surface area (TPSA) is 75.7 Å². The summed E-state index contributed by atoms with van der Waals surface area (Å²) in [5.74, 6) is -1.02. The summed E-state index contributed by atoms with van der Waals surface area (Å²) in [7, 11) is 1.30. The third-order valence-electron chi connectivity index (χ3n) is 5.26. The number of anilines is 1. The van der Waals surface area contributed by atoms with Gasteiger partial charge >= 0.3 is 12.1 Å². The zero-order valence-electron chi connectivity index (χ0n) is 19.3. The molecule has 2 aromatic rings. The normalized spacial score (nSPS) is 14.9. The highest BCUT2D eigenvalue weighted by atomic mass is 32.2. The van der Waals surface area contributed by atoms with E-state index in [0.717, 1.165) is 17.7 Å². The van der Waals surface area contributed by atoms with Gasteiger partial charge in [-0.05, 0) is 54.8 Å². The van der Waals surface area contributed by atoms with Crippen molar-refractivity contribution in [2.45, 2.75) is 31.9 Å². The Morgan fingerprint density at radius 1 is 1.11 bits per heavy atom. The summed E-state index contributed by atoms with van der Waals surface area (Å²) >= 11 is 6.53. The van der Waals surface area contributed by atoms with E-state index in [1.165, 1.54) is 35.9 Å². The number of ether oxygens (including phenoxy) is 1. The lowest BCUT2D eigenvalue weighted by Gasteiger charge is -2.14. The molecule has 0 spiro atoms. The number of esters is 1. The SMILES string of the molecule is COC(=O)c1ccc(C=C2SC(=S)N(CCCCCC(=O)Nc3cccc(C(F)(F)F)c3)C2=O)cc1. The maximum Gasteiger partial charge on any atom is 0.416 e. The standard InChI is InChI=1S/C25H23F3N2O4S2/c1-34-23(33)17-11-9-16(10-12-17)14-20-22(32)30(24(35)36-20)13-4-2-3-8-21(31)29-19-7-5-6-18(15-19)25(26,27)28/h5-7,9-12,14-15H,2-4,8,13H2,1H3,(H,29,31). The molecule has 1 aliphatic rings. The van der Waals surface area contributed by atoms with Gasteiger partial charge in [-0.25, -0.2) is 4.79 Å². The van der Waals surface area contributed by atoms with Gasteiger partial charge in [-0.1, -0.05) is 48.6 Å². The van der Waals surface area contributed by atoms with E-state index in [1.807, 2.05) is 0 Å². The summed E-state index contributed by atoms with van der Waals surface area (Å²) in [6.07, 6.45) is -0.848. The quantitative estimate of drug-likeness (QED) is 0.186. The second-order valence-electron chi connectivity index (χ2n) is 7.88. The van der Waals surface area contributed by atoms with Crippen LogP contribution < -0.4 is 5.32 Å². The van der Waals surface area contributed by atoms with Gasteiger partial charge in [-0.3, -0.25) is 14.5 Å². The molecule has 190 valence electrons. The average molecular weight is 537 g/mol. The number of alkyl halides is 3. The molecular formula is C25H23F3N2O4S2. The van der Waals surface area contributed by atoms with Crippen LogP contribution >= 0.6 is 24.0 Å². The van der Waals surface area contributed by atoms with Crippen LogP contribution in [-0.4, -0.2) is 40.7 Å². The molecule has 1 heterocycles. The average Bonchev–Trinajstić information content (AvgIpc) is 3.10. The smallest absolute Gasteiger partial charge is 0.416 e. The molecule has 3 rings (SSSR count). The molecule has 0 aromatic heterocycles. The highest BCUT2D eigenvalue weighted by molar-refractivity contribution is 8.26. The number of unbranched alkanes of at least 4 members (excludes halogenated alkanes) is 2. The lowest BCUT2D eigenvalue weighted by molar-refractivity contribution is -0.137.